The summed E-state index contributed by atoms with van der Waals surface area (Å²) in [5.41, 5.74) is 7.48. The summed E-state index contributed by atoms with van der Waals surface area (Å²) in [5.74, 6) is 0.746. The number of thiazole rings is 1. The Balaban J connectivity index is 0.00000121. The minimum atomic E-state index is 0. The van der Waals surface area contributed by atoms with Gasteiger partial charge in [-0.3, -0.25) is 4.90 Å². The summed E-state index contributed by atoms with van der Waals surface area (Å²) >= 11 is 1.88. The molecule has 0 radical (unpaired) electrons. The van der Waals surface area contributed by atoms with Crippen LogP contribution in [-0.4, -0.2) is 29.5 Å². The topological polar surface area (TPSA) is 42.1 Å². The van der Waals surface area contributed by atoms with Crippen LogP contribution in [0.1, 0.15) is 62.1 Å². The Hall–Kier alpha value is 0.130. The van der Waals surface area contributed by atoms with Crippen molar-refractivity contribution in [2.75, 3.05) is 19.6 Å². The second kappa shape index (κ2) is 8.84. The van der Waals surface area contributed by atoms with E-state index in [9.17, 15) is 0 Å². The van der Waals surface area contributed by atoms with Crippen LogP contribution >= 0.6 is 36.2 Å². The van der Waals surface area contributed by atoms with Crippen LogP contribution in [0.3, 0.4) is 0 Å². The smallest absolute Gasteiger partial charge is 0.0959 e. The molecule has 0 bridgehead atoms. The molecule has 2 fully saturated rings. The van der Waals surface area contributed by atoms with Gasteiger partial charge >= 0.3 is 0 Å². The number of aromatic nitrogens is 1. The van der Waals surface area contributed by atoms with Gasteiger partial charge in [-0.05, 0) is 37.8 Å². The maximum absolute atomic E-state index is 5.89. The average molecular weight is 366 g/mol. The molecule has 1 atom stereocenters. The van der Waals surface area contributed by atoms with Crippen molar-refractivity contribution >= 4 is 36.2 Å². The van der Waals surface area contributed by atoms with E-state index in [1.54, 1.807) is 0 Å². The van der Waals surface area contributed by atoms with Crippen molar-refractivity contribution < 1.29 is 0 Å². The maximum atomic E-state index is 5.89. The molecule has 2 heterocycles. The standard InChI is InChI=1S/C16H27N3S.2ClH/c1-16(11-17)7-8-19(12-16)9-14-10-20-15(18-14)13-5-3-2-4-6-13;;/h10,13H,2-9,11-12,17H2,1H3;2*1H. The number of likely N-dealkylation sites (tertiary alicyclic amines) is 1. The van der Waals surface area contributed by atoms with E-state index in [1.807, 2.05) is 11.3 Å². The number of nitrogens with zero attached hydrogens (tertiary/aromatic N) is 2. The fourth-order valence-electron chi connectivity index (χ4n) is 3.59. The largest absolute Gasteiger partial charge is 0.330 e. The molecule has 2 N–H and O–H groups in total. The van der Waals surface area contributed by atoms with Crippen LogP contribution in [-0.2, 0) is 6.54 Å². The molecule has 0 spiro atoms. The highest BCUT2D eigenvalue weighted by atomic mass is 35.5. The Morgan fingerprint density at radius 2 is 2.05 bits per heavy atom. The molecular formula is C16H29Cl2N3S. The lowest BCUT2D eigenvalue weighted by Crippen LogP contribution is -2.31. The lowest BCUT2D eigenvalue weighted by Gasteiger charge is -2.22. The van der Waals surface area contributed by atoms with Gasteiger partial charge in [0.25, 0.3) is 0 Å². The summed E-state index contributed by atoms with van der Waals surface area (Å²) in [6.07, 6.45) is 8.12. The maximum Gasteiger partial charge on any atom is 0.0959 e. The van der Waals surface area contributed by atoms with Gasteiger partial charge in [0, 0.05) is 24.4 Å². The van der Waals surface area contributed by atoms with Gasteiger partial charge in [-0.15, -0.1) is 36.2 Å². The monoisotopic (exact) mass is 365 g/mol. The Morgan fingerprint density at radius 1 is 1.32 bits per heavy atom. The van der Waals surface area contributed by atoms with E-state index in [0.29, 0.717) is 5.41 Å². The third-order valence-electron chi connectivity index (χ3n) is 5.04. The van der Waals surface area contributed by atoms with Crippen molar-refractivity contribution in [1.29, 1.82) is 0 Å². The first kappa shape index (κ1) is 20.2. The molecule has 0 aromatic carbocycles. The minimum Gasteiger partial charge on any atom is -0.330 e. The molecule has 1 saturated heterocycles. The summed E-state index contributed by atoms with van der Waals surface area (Å²) in [6, 6.07) is 0. The van der Waals surface area contributed by atoms with E-state index in [-0.39, 0.29) is 24.8 Å². The summed E-state index contributed by atoms with van der Waals surface area (Å²) in [5, 5.41) is 3.67. The highest BCUT2D eigenvalue weighted by Gasteiger charge is 2.32. The van der Waals surface area contributed by atoms with Crippen LogP contribution in [0.5, 0.6) is 0 Å². The molecule has 3 rings (SSSR count). The second-order valence-corrected chi connectivity index (χ2v) is 7.88. The third kappa shape index (κ3) is 4.81. The lowest BCUT2D eigenvalue weighted by molar-refractivity contribution is 0.272. The highest BCUT2D eigenvalue weighted by molar-refractivity contribution is 7.09. The zero-order valence-electron chi connectivity index (χ0n) is 13.4. The molecule has 1 saturated carbocycles. The van der Waals surface area contributed by atoms with Gasteiger partial charge in [-0.1, -0.05) is 26.2 Å². The minimum absolute atomic E-state index is 0. The second-order valence-electron chi connectivity index (χ2n) is 6.99. The zero-order valence-corrected chi connectivity index (χ0v) is 15.9. The highest BCUT2D eigenvalue weighted by Crippen LogP contribution is 2.35. The van der Waals surface area contributed by atoms with E-state index >= 15 is 0 Å². The van der Waals surface area contributed by atoms with Crippen LogP contribution in [0.15, 0.2) is 5.38 Å². The fraction of sp³-hybridized carbons (Fsp3) is 0.812. The summed E-state index contributed by atoms with van der Waals surface area (Å²) in [4.78, 5) is 7.44. The molecule has 6 heteroatoms. The summed E-state index contributed by atoms with van der Waals surface area (Å²) in [7, 11) is 0. The molecule has 1 aliphatic heterocycles. The molecule has 2 aliphatic rings. The zero-order chi connectivity index (χ0) is 14.0. The van der Waals surface area contributed by atoms with E-state index < -0.39 is 0 Å². The van der Waals surface area contributed by atoms with Crippen molar-refractivity contribution in [3.05, 3.63) is 16.1 Å². The first-order chi connectivity index (χ1) is 9.68. The van der Waals surface area contributed by atoms with E-state index in [0.717, 1.165) is 25.6 Å². The third-order valence-corrected chi connectivity index (χ3v) is 6.10. The molecule has 1 aromatic rings. The van der Waals surface area contributed by atoms with Crippen molar-refractivity contribution in [3.8, 4) is 0 Å². The Morgan fingerprint density at radius 3 is 2.68 bits per heavy atom. The van der Waals surface area contributed by atoms with Gasteiger partial charge in [-0.2, -0.15) is 0 Å². The van der Waals surface area contributed by atoms with Crippen molar-refractivity contribution in [2.45, 2.75) is 57.9 Å². The van der Waals surface area contributed by atoms with Crippen molar-refractivity contribution in [2.24, 2.45) is 11.1 Å². The molecule has 22 heavy (non-hydrogen) atoms. The SMILES string of the molecule is CC1(CN)CCN(Cc2csc(C3CCCCC3)n2)C1.Cl.Cl. The normalized spacial score (nSPS) is 26.5. The van der Waals surface area contributed by atoms with E-state index in [2.05, 4.69) is 17.2 Å². The first-order valence-electron chi connectivity index (χ1n) is 8.05. The first-order valence-corrected chi connectivity index (χ1v) is 8.93. The Bertz CT molecular complexity index is 448. The van der Waals surface area contributed by atoms with Gasteiger partial charge in [0.2, 0.25) is 0 Å². The molecular weight excluding hydrogens is 337 g/mol. The number of halogens is 2. The Labute approximate surface area is 150 Å². The van der Waals surface area contributed by atoms with Crippen LogP contribution < -0.4 is 5.73 Å². The molecule has 1 aromatic heterocycles. The van der Waals surface area contributed by atoms with Crippen LogP contribution in [0.25, 0.3) is 0 Å². The average Bonchev–Trinajstić information content (AvgIpc) is 3.08. The van der Waals surface area contributed by atoms with Crippen LogP contribution in [0, 0.1) is 5.41 Å². The van der Waals surface area contributed by atoms with Crippen molar-refractivity contribution in [1.82, 2.24) is 9.88 Å². The van der Waals surface area contributed by atoms with Gasteiger partial charge in [-0.25, -0.2) is 4.98 Å². The number of nitrogens with two attached hydrogens (primary N) is 1. The molecule has 1 unspecified atom stereocenters. The number of hydrogen-bond acceptors (Lipinski definition) is 4. The quantitative estimate of drug-likeness (QED) is 0.868. The lowest BCUT2D eigenvalue weighted by atomic mass is 9.90. The molecule has 3 nitrogen and oxygen atoms in total. The predicted octanol–water partition coefficient (Wildman–Crippen LogP) is 4.21. The number of rotatable bonds is 4. The van der Waals surface area contributed by atoms with Crippen LogP contribution in [0.2, 0.25) is 0 Å². The van der Waals surface area contributed by atoms with Gasteiger partial charge < -0.3 is 5.73 Å². The summed E-state index contributed by atoms with van der Waals surface area (Å²) in [6.45, 7) is 6.41. The van der Waals surface area contributed by atoms with E-state index in [4.69, 9.17) is 10.7 Å². The summed E-state index contributed by atoms with van der Waals surface area (Å²) < 4.78 is 0. The van der Waals surface area contributed by atoms with Crippen molar-refractivity contribution in [3.63, 3.8) is 0 Å². The number of hydrogen-bond donors (Lipinski definition) is 1. The fourth-order valence-corrected chi connectivity index (χ4v) is 4.57. The van der Waals surface area contributed by atoms with Gasteiger partial charge in [0.15, 0.2) is 0 Å². The van der Waals surface area contributed by atoms with Gasteiger partial charge in [0.1, 0.15) is 0 Å². The predicted molar refractivity (Wildman–Crippen MR) is 99.5 cm³/mol. The van der Waals surface area contributed by atoms with E-state index in [1.165, 1.54) is 55.8 Å². The molecule has 1 aliphatic carbocycles. The van der Waals surface area contributed by atoms with Crippen LogP contribution in [0.4, 0.5) is 0 Å². The molecule has 0 amide bonds. The van der Waals surface area contributed by atoms with Gasteiger partial charge in [0.05, 0.1) is 10.7 Å². The Kier molecular flexibility index (Phi) is 8.10. The molecule has 128 valence electrons.